The van der Waals surface area contributed by atoms with Gasteiger partial charge in [-0.15, -0.1) is 10.2 Å². The minimum absolute atomic E-state index is 0.168. The van der Waals surface area contributed by atoms with Crippen LogP contribution in [-0.4, -0.2) is 44.1 Å². The molecular formula is C12H12F3N5OS. The van der Waals surface area contributed by atoms with Crippen molar-refractivity contribution >= 4 is 17.7 Å². The summed E-state index contributed by atoms with van der Waals surface area (Å²) >= 11 is 1.02. The Morgan fingerprint density at radius 2 is 2.00 bits per heavy atom. The van der Waals surface area contributed by atoms with Gasteiger partial charge in [-0.05, 0) is 12.1 Å². The standard InChI is InChI=1S/C12H12F3N5OS/c1-20-10(8-2-4-16-5-3-8)18-19-11(20)22-6-9(21)17-7-12(13,14)15/h2-5H,6-7H2,1H3,(H,17,21). The van der Waals surface area contributed by atoms with Gasteiger partial charge in [-0.25, -0.2) is 0 Å². The molecule has 0 spiro atoms. The Morgan fingerprint density at radius 1 is 1.32 bits per heavy atom. The van der Waals surface area contributed by atoms with Crippen molar-refractivity contribution in [3.8, 4) is 11.4 Å². The summed E-state index contributed by atoms with van der Waals surface area (Å²) in [5, 5.41) is 10.2. The van der Waals surface area contributed by atoms with E-state index in [9.17, 15) is 18.0 Å². The van der Waals surface area contributed by atoms with Gasteiger partial charge >= 0.3 is 6.18 Å². The van der Waals surface area contributed by atoms with Crippen LogP contribution in [0.3, 0.4) is 0 Å². The molecule has 0 atom stereocenters. The highest BCUT2D eigenvalue weighted by atomic mass is 32.2. The molecule has 0 fully saturated rings. The fraction of sp³-hybridized carbons (Fsp3) is 0.333. The molecule has 0 aliphatic rings. The largest absolute Gasteiger partial charge is 0.405 e. The van der Waals surface area contributed by atoms with E-state index >= 15 is 0 Å². The van der Waals surface area contributed by atoms with Gasteiger partial charge in [-0.1, -0.05) is 11.8 Å². The molecule has 0 aliphatic heterocycles. The highest BCUT2D eigenvalue weighted by Gasteiger charge is 2.27. The maximum Gasteiger partial charge on any atom is 0.405 e. The summed E-state index contributed by atoms with van der Waals surface area (Å²) in [6.45, 7) is -1.34. The van der Waals surface area contributed by atoms with Gasteiger partial charge in [0, 0.05) is 25.0 Å². The zero-order valence-electron chi connectivity index (χ0n) is 11.5. The number of hydrogen-bond donors (Lipinski definition) is 1. The number of aromatic nitrogens is 4. The van der Waals surface area contributed by atoms with E-state index in [1.165, 1.54) is 0 Å². The first-order valence-corrected chi connectivity index (χ1v) is 7.11. The zero-order chi connectivity index (χ0) is 16.2. The third-order valence-corrected chi connectivity index (χ3v) is 3.61. The summed E-state index contributed by atoms with van der Waals surface area (Å²) in [4.78, 5) is 15.3. The van der Waals surface area contributed by atoms with E-state index in [4.69, 9.17) is 0 Å². The van der Waals surface area contributed by atoms with Gasteiger partial charge in [0.15, 0.2) is 11.0 Å². The SMILES string of the molecule is Cn1c(SCC(=O)NCC(F)(F)F)nnc1-c1ccncc1. The molecule has 0 bridgehead atoms. The number of thioether (sulfide) groups is 1. The number of nitrogens with one attached hydrogen (secondary N) is 1. The molecule has 2 aromatic rings. The van der Waals surface area contributed by atoms with Crippen molar-refractivity contribution in [2.45, 2.75) is 11.3 Å². The van der Waals surface area contributed by atoms with E-state index in [1.54, 1.807) is 41.5 Å². The van der Waals surface area contributed by atoms with E-state index < -0.39 is 18.6 Å². The smallest absolute Gasteiger partial charge is 0.346 e. The predicted octanol–water partition coefficient (Wildman–Crippen LogP) is 1.65. The van der Waals surface area contributed by atoms with Crippen molar-refractivity contribution in [2.75, 3.05) is 12.3 Å². The second-order valence-electron chi connectivity index (χ2n) is 4.28. The number of pyridine rings is 1. The molecule has 2 rings (SSSR count). The average molecular weight is 331 g/mol. The van der Waals surface area contributed by atoms with Crippen LogP contribution in [0.4, 0.5) is 13.2 Å². The zero-order valence-corrected chi connectivity index (χ0v) is 12.3. The summed E-state index contributed by atoms with van der Waals surface area (Å²) in [5.41, 5.74) is 0.804. The molecule has 2 heterocycles. The fourth-order valence-corrected chi connectivity index (χ4v) is 2.31. The first-order valence-electron chi connectivity index (χ1n) is 6.13. The Labute approximate surface area is 128 Å². The summed E-state index contributed by atoms with van der Waals surface area (Å²) < 4.78 is 37.6. The van der Waals surface area contributed by atoms with Gasteiger partial charge in [-0.2, -0.15) is 13.2 Å². The van der Waals surface area contributed by atoms with Crippen LogP contribution in [0.15, 0.2) is 29.7 Å². The minimum Gasteiger partial charge on any atom is -0.346 e. The van der Waals surface area contributed by atoms with Gasteiger partial charge in [0.25, 0.3) is 0 Å². The molecule has 1 amide bonds. The molecule has 1 N–H and O–H groups in total. The molecular weight excluding hydrogens is 319 g/mol. The Morgan fingerprint density at radius 3 is 2.64 bits per heavy atom. The van der Waals surface area contributed by atoms with Crippen LogP contribution in [0.25, 0.3) is 11.4 Å². The summed E-state index contributed by atoms with van der Waals surface area (Å²) in [7, 11) is 1.71. The normalized spacial score (nSPS) is 11.5. The highest BCUT2D eigenvalue weighted by Crippen LogP contribution is 2.21. The number of amides is 1. The van der Waals surface area contributed by atoms with Crippen LogP contribution < -0.4 is 5.32 Å². The van der Waals surface area contributed by atoms with E-state index in [0.717, 1.165) is 17.3 Å². The lowest BCUT2D eigenvalue weighted by molar-refractivity contribution is -0.136. The molecule has 0 saturated heterocycles. The van der Waals surface area contributed by atoms with E-state index in [0.29, 0.717) is 11.0 Å². The second-order valence-corrected chi connectivity index (χ2v) is 5.22. The van der Waals surface area contributed by atoms with Crippen LogP contribution in [0, 0.1) is 0 Å². The average Bonchev–Trinajstić information content (AvgIpc) is 2.84. The molecule has 118 valence electrons. The molecule has 22 heavy (non-hydrogen) atoms. The van der Waals surface area contributed by atoms with Gasteiger partial charge < -0.3 is 9.88 Å². The predicted molar refractivity (Wildman–Crippen MR) is 74.0 cm³/mol. The maximum absolute atomic E-state index is 12.0. The number of halogens is 3. The van der Waals surface area contributed by atoms with Gasteiger partial charge in [0.05, 0.1) is 5.75 Å². The lowest BCUT2D eigenvalue weighted by Gasteiger charge is -2.08. The third kappa shape index (κ3) is 4.45. The quantitative estimate of drug-likeness (QED) is 0.844. The highest BCUT2D eigenvalue weighted by molar-refractivity contribution is 7.99. The number of hydrogen-bond acceptors (Lipinski definition) is 5. The second kappa shape index (κ2) is 6.77. The lowest BCUT2D eigenvalue weighted by atomic mass is 10.2. The van der Waals surface area contributed by atoms with E-state index in [1.807, 2.05) is 0 Å². The molecule has 2 aromatic heterocycles. The Balaban J connectivity index is 1.95. The van der Waals surface area contributed by atoms with Crippen molar-refractivity contribution in [3.05, 3.63) is 24.5 Å². The van der Waals surface area contributed by atoms with Gasteiger partial charge in [-0.3, -0.25) is 9.78 Å². The molecule has 0 unspecified atom stereocenters. The third-order valence-electron chi connectivity index (χ3n) is 2.59. The van der Waals surface area contributed by atoms with Crippen molar-refractivity contribution in [2.24, 2.45) is 7.05 Å². The number of carbonyl (C=O) groups is 1. The summed E-state index contributed by atoms with van der Waals surface area (Å²) in [6.07, 6.45) is -1.19. The molecule has 0 radical (unpaired) electrons. The number of rotatable bonds is 5. The van der Waals surface area contributed by atoms with Crippen LogP contribution in [0.1, 0.15) is 0 Å². The first-order chi connectivity index (χ1) is 10.4. The Kier molecular flexibility index (Phi) is 5.01. The van der Waals surface area contributed by atoms with Crippen molar-refractivity contribution < 1.29 is 18.0 Å². The minimum atomic E-state index is -4.42. The molecule has 0 aliphatic carbocycles. The topological polar surface area (TPSA) is 72.7 Å². The van der Waals surface area contributed by atoms with Crippen molar-refractivity contribution in [1.82, 2.24) is 25.1 Å². The van der Waals surface area contributed by atoms with Crippen LogP contribution in [-0.2, 0) is 11.8 Å². The van der Waals surface area contributed by atoms with E-state index in [2.05, 4.69) is 15.2 Å². The van der Waals surface area contributed by atoms with Crippen LogP contribution >= 0.6 is 11.8 Å². The molecule has 0 aromatic carbocycles. The summed E-state index contributed by atoms with van der Waals surface area (Å²) in [6, 6.07) is 3.52. The lowest BCUT2D eigenvalue weighted by Crippen LogP contribution is -2.34. The van der Waals surface area contributed by atoms with Crippen molar-refractivity contribution in [1.29, 1.82) is 0 Å². The fourth-order valence-electron chi connectivity index (χ4n) is 1.57. The number of alkyl halides is 3. The Hall–Kier alpha value is -2.10. The number of carbonyl (C=O) groups excluding carboxylic acids is 1. The van der Waals surface area contributed by atoms with Crippen LogP contribution in [0.5, 0.6) is 0 Å². The monoisotopic (exact) mass is 331 g/mol. The van der Waals surface area contributed by atoms with Crippen molar-refractivity contribution in [3.63, 3.8) is 0 Å². The summed E-state index contributed by atoms with van der Waals surface area (Å²) in [5.74, 6) is -0.297. The Bertz CT molecular complexity index is 644. The molecule has 10 heteroatoms. The van der Waals surface area contributed by atoms with Gasteiger partial charge in [0.1, 0.15) is 6.54 Å². The van der Waals surface area contributed by atoms with Gasteiger partial charge in [0.2, 0.25) is 5.91 Å². The number of nitrogens with zero attached hydrogens (tertiary/aromatic N) is 4. The first kappa shape index (κ1) is 16.3. The molecule has 0 saturated carbocycles. The van der Waals surface area contributed by atoms with Crippen LogP contribution in [0.2, 0.25) is 0 Å². The van der Waals surface area contributed by atoms with E-state index in [-0.39, 0.29) is 5.75 Å². The molecule has 6 nitrogen and oxygen atoms in total. The maximum atomic E-state index is 12.0.